The van der Waals surface area contributed by atoms with Crippen molar-refractivity contribution in [3.05, 3.63) is 35.1 Å². The number of halogens is 4. The zero-order valence-electron chi connectivity index (χ0n) is 9.02. The minimum absolute atomic E-state index is 0.112. The van der Waals surface area contributed by atoms with Gasteiger partial charge in [-0.05, 0) is 36.6 Å². The molecule has 1 aromatic rings. The predicted molar refractivity (Wildman–Crippen MR) is 54.0 cm³/mol. The quantitative estimate of drug-likeness (QED) is 0.796. The summed E-state index contributed by atoms with van der Waals surface area (Å²) in [5, 5.41) is 9.28. The van der Waals surface area contributed by atoms with E-state index in [1.165, 1.54) is 0 Å². The largest absolute Gasteiger partial charge is 0.416 e. The van der Waals surface area contributed by atoms with Crippen molar-refractivity contribution >= 4 is 0 Å². The highest BCUT2D eigenvalue weighted by molar-refractivity contribution is 5.38. The van der Waals surface area contributed by atoms with Crippen molar-refractivity contribution in [1.82, 2.24) is 0 Å². The van der Waals surface area contributed by atoms with E-state index in [0.29, 0.717) is 12.8 Å². The van der Waals surface area contributed by atoms with E-state index < -0.39 is 23.0 Å². The van der Waals surface area contributed by atoms with Crippen molar-refractivity contribution in [2.45, 2.75) is 30.9 Å². The summed E-state index contributed by atoms with van der Waals surface area (Å²) in [4.78, 5) is 0. The Balaban J connectivity index is 2.54. The highest BCUT2D eigenvalue weighted by Crippen LogP contribution is 2.47. The van der Waals surface area contributed by atoms with Crippen LogP contribution < -0.4 is 0 Å². The Kier molecular flexibility index (Phi) is 2.89. The summed E-state index contributed by atoms with van der Waals surface area (Å²) >= 11 is 0. The molecular formula is C12H12F4O. The molecule has 0 unspecified atom stereocenters. The fourth-order valence-electron chi connectivity index (χ4n) is 2.32. The lowest BCUT2D eigenvalue weighted by Gasteiger charge is -2.42. The van der Waals surface area contributed by atoms with Gasteiger partial charge in [0, 0.05) is 5.41 Å². The van der Waals surface area contributed by atoms with Gasteiger partial charge in [0.15, 0.2) is 0 Å². The van der Waals surface area contributed by atoms with E-state index in [0.717, 1.165) is 24.6 Å². The van der Waals surface area contributed by atoms with Gasteiger partial charge in [-0.25, -0.2) is 4.39 Å². The average molecular weight is 248 g/mol. The van der Waals surface area contributed by atoms with Crippen LogP contribution in [0.2, 0.25) is 0 Å². The van der Waals surface area contributed by atoms with Gasteiger partial charge in [0.05, 0.1) is 12.2 Å². The molecule has 0 heterocycles. The molecule has 1 aliphatic rings. The smallest absolute Gasteiger partial charge is 0.395 e. The Morgan fingerprint density at radius 3 is 2.29 bits per heavy atom. The molecule has 5 heteroatoms. The zero-order valence-corrected chi connectivity index (χ0v) is 9.02. The van der Waals surface area contributed by atoms with E-state index in [2.05, 4.69) is 0 Å². The van der Waals surface area contributed by atoms with Crippen LogP contribution in [0.4, 0.5) is 17.6 Å². The van der Waals surface area contributed by atoms with Gasteiger partial charge in [-0.2, -0.15) is 13.2 Å². The minimum Gasteiger partial charge on any atom is -0.395 e. The van der Waals surface area contributed by atoms with E-state index in [-0.39, 0.29) is 12.2 Å². The van der Waals surface area contributed by atoms with Crippen LogP contribution in [0.25, 0.3) is 0 Å². The summed E-state index contributed by atoms with van der Waals surface area (Å²) in [6, 6.07) is 2.45. The van der Waals surface area contributed by atoms with Gasteiger partial charge < -0.3 is 5.11 Å². The minimum atomic E-state index is -4.51. The van der Waals surface area contributed by atoms with Crippen molar-refractivity contribution in [2.24, 2.45) is 0 Å². The van der Waals surface area contributed by atoms with Gasteiger partial charge in [0.25, 0.3) is 0 Å². The summed E-state index contributed by atoms with van der Waals surface area (Å²) in [6.07, 6.45) is -2.82. The number of benzene rings is 1. The highest BCUT2D eigenvalue weighted by Gasteiger charge is 2.45. The van der Waals surface area contributed by atoms with Gasteiger partial charge >= 0.3 is 6.18 Å². The van der Waals surface area contributed by atoms with Crippen LogP contribution in [0.15, 0.2) is 18.2 Å². The number of hydrogen-bond acceptors (Lipinski definition) is 1. The van der Waals surface area contributed by atoms with Crippen LogP contribution >= 0.6 is 0 Å². The second-order valence-corrected chi connectivity index (χ2v) is 4.48. The summed E-state index contributed by atoms with van der Waals surface area (Å²) in [5.74, 6) is -0.701. The van der Waals surface area contributed by atoms with E-state index in [4.69, 9.17) is 0 Å². The van der Waals surface area contributed by atoms with Gasteiger partial charge in [-0.15, -0.1) is 0 Å². The summed E-state index contributed by atoms with van der Waals surface area (Å²) < 4.78 is 51.5. The third kappa shape index (κ3) is 2.04. The van der Waals surface area contributed by atoms with Gasteiger partial charge in [0.1, 0.15) is 5.82 Å². The predicted octanol–water partition coefficient (Wildman–Crippen LogP) is 3.26. The van der Waals surface area contributed by atoms with Crippen molar-refractivity contribution in [2.75, 3.05) is 6.61 Å². The first-order valence-electron chi connectivity index (χ1n) is 5.37. The van der Waals surface area contributed by atoms with E-state index >= 15 is 0 Å². The van der Waals surface area contributed by atoms with Crippen LogP contribution in [0.3, 0.4) is 0 Å². The fraction of sp³-hybridized carbons (Fsp3) is 0.500. The third-order valence-corrected chi connectivity index (χ3v) is 3.47. The first kappa shape index (κ1) is 12.4. The highest BCUT2D eigenvalue weighted by atomic mass is 19.4. The Morgan fingerprint density at radius 2 is 1.88 bits per heavy atom. The lowest BCUT2D eigenvalue weighted by Crippen LogP contribution is -2.39. The van der Waals surface area contributed by atoms with Crippen LogP contribution in [0, 0.1) is 5.82 Å². The zero-order chi connectivity index (χ0) is 12.7. The Bertz CT molecular complexity index is 415. The van der Waals surface area contributed by atoms with Crippen LogP contribution in [0.1, 0.15) is 30.4 Å². The topological polar surface area (TPSA) is 20.2 Å². The van der Waals surface area contributed by atoms with Crippen molar-refractivity contribution < 1.29 is 22.7 Å². The lowest BCUT2D eigenvalue weighted by molar-refractivity contribution is -0.139. The normalized spacial score (nSPS) is 18.9. The monoisotopic (exact) mass is 248 g/mol. The molecule has 1 nitrogen and oxygen atoms in total. The van der Waals surface area contributed by atoms with E-state index in [9.17, 15) is 22.7 Å². The number of aliphatic hydroxyl groups excluding tert-OH is 1. The molecule has 0 spiro atoms. The maximum Gasteiger partial charge on any atom is 0.416 e. The van der Waals surface area contributed by atoms with Crippen molar-refractivity contribution in [1.29, 1.82) is 0 Å². The number of rotatable bonds is 2. The summed E-state index contributed by atoms with van der Waals surface area (Å²) in [7, 11) is 0. The standard InChI is InChI=1S/C12H12F4O/c13-8-2-3-9(12(14,15)16)10(6-8)11(7-17)4-1-5-11/h2-3,6,17H,1,4-5,7H2. The molecular weight excluding hydrogens is 236 g/mol. The van der Waals surface area contributed by atoms with Crippen LogP contribution in [-0.2, 0) is 11.6 Å². The molecule has 2 rings (SSSR count). The molecule has 0 saturated heterocycles. The maximum atomic E-state index is 13.1. The molecule has 1 fully saturated rings. The Morgan fingerprint density at radius 1 is 1.24 bits per heavy atom. The van der Waals surface area contributed by atoms with Gasteiger partial charge in [-0.1, -0.05) is 6.42 Å². The Labute approximate surface area is 96.1 Å². The van der Waals surface area contributed by atoms with Crippen LogP contribution in [0.5, 0.6) is 0 Å². The first-order valence-corrected chi connectivity index (χ1v) is 5.37. The molecule has 0 atom stereocenters. The SMILES string of the molecule is OCC1(c2cc(F)ccc2C(F)(F)F)CCC1. The molecule has 94 valence electrons. The lowest BCUT2D eigenvalue weighted by atomic mass is 9.64. The summed E-state index contributed by atoms with van der Waals surface area (Å²) in [6.45, 7) is -0.375. The molecule has 1 N–H and O–H groups in total. The van der Waals surface area contributed by atoms with Crippen LogP contribution in [-0.4, -0.2) is 11.7 Å². The molecule has 1 aliphatic carbocycles. The summed E-state index contributed by atoms with van der Waals surface area (Å²) in [5.41, 5.74) is -1.86. The van der Waals surface area contributed by atoms with Gasteiger partial charge in [-0.3, -0.25) is 0 Å². The number of aliphatic hydroxyl groups is 1. The van der Waals surface area contributed by atoms with E-state index in [1.807, 2.05) is 0 Å². The molecule has 0 aromatic heterocycles. The number of alkyl halides is 3. The van der Waals surface area contributed by atoms with Crippen molar-refractivity contribution in [3.63, 3.8) is 0 Å². The van der Waals surface area contributed by atoms with Gasteiger partial charge in [0.2, 0.25) is 0 Å². The first-order chi connectivity index (χ1) is 7.89. The number of hydrogen-bond donors (Lipinski definition) is 1. The van der Waals surface area contributed by atoms with Crippen molar-refractivity contribution in [3.8, 4) is 0 Å². The molecule has 0 bridgehead atoms. The molecule has 0 amide bonds. The molecule has 17 heavy (non-hydrogen) atoms. The molecule has 1 aromatic carbocycles. The third-order valence-electron chi connectivity index (χ3n) is 3.47. The fourth-order valence-corrected chi connectivity index (χ4v) is 2.32. The van der Waals surface area contributed by atoms with E-state index in [1.54, 1.807) is 0 Å². The molecule has 0 aliphatic heterocycles. The second kappa shape index (κ2) is 3.98. The molecule has 1 saturated carbocycles. The Hall–Kier alpha value is -1.10. The average Bonchev–Trinajstić information content (AvgIpc) is 2.15. The molecule has 0 radical (unpaired) electrons. The second-order valence-electron chi connectivity index (χ2n) is 4.48. The maximum absolute atomic E-state index is 13.1.